The molecule has 0 radical (unpaired) electrons. The predicted octanol–water partition coefficient (Wildman–Crippen LogP) is 6.04. The van der Waals surface area contributed by atoms with Gasteiger partial charge in [-0.2, -0.15) is 5.10 Å². The fourth-order valence-electron chi connectivity index (χ4n) is 2.61. The molecule has 0 aliphatic heterocycles. The van der Waals surface area contributed by atoms with E-state index >= 15 is 0 Å². The lowest BCUT2D eigenvalue weighted by Gasteiger charge is -2.09. The van der Waals surface area contributed by atoms with Crippen LogP contribution in [0.5, 0.6) is 5.75 Å². The Morgan fingerprint density at radius 1 is 1.00 bits per heavy atom. The normalized spacial score (nSPS) is 10.2. The molecule has 0 saturated heterocycles. The number of halogens is 3. The van der Waals surface area contributed by atoms with E-state index in [-0.39, 0.29) is 5.75 Å². The lowest BCUT2D eigenvalue weighted by molar-refractivity contribution is -0.274. The molecule has 2 heterocycles. The molecule has 0 N–H and O–H groups in total. The van der Waals surface area contributed by atoms with Gasteiger partial charge >= 0.3 is 6.36 Å². The molecule has 0 unspecified atom stereocenters. The quantitative estimate of drug-likeness (QED) is 0.427. The zero-order valence-electron chi connectivity index (χ0n) is 18.8. The monoisotopic (exact) mass is 451 g/mol. The molecule has 32 heavy (non-hydrogen) atoms. The summed E-state index contributed by atoms with van der Waals surface area (Å²) in [7, 11) is 0. The van der Waals surface area contributed by atoms with Gasteiger partial charge < -0.3 is 9.47 Å². The lowest BCUT2D eigenvalue weighted by atomic mass is 10.1. The Balaban J connectivity index is 0.000000646. The summed E-state index contributed by atoms with van der Waals surface area (Å²) in [5, 5.41) is 4.53. The van der Waals surface area contributed by atoms with Crippen molar-refractivity contribution in [1.29, 1.82) is 0 Å². The van der Waals surface area contributed by atoms with Gasteiger partial charge in [0.15, 0.2) is 0 Å². The van der Waals surface area contributed by atoms with Crippen LogP contribution in [0.3, 0.4) is 0 Å². The molecule has 0 spiro atoms. The molecular formula is C23H28F3N3O3. The minimum absolute atomic E-state index is 0.260. The summed E-state index contributed by atoms with van der Waals surface area (Å²) >= 11 is 0. The SMILES string of the molecule is CC.CCOC=O.CCn1nc(-c2ccnc(-c3ccc(OC(F)(F)F)cc3)c2)cc1C. The first-order chi connectivity index (χ1) is 15.3. The van der Waals surface area contributed by atoms with Crippen LogP contribution in [0, 0.1) is 6.92 Å². The molecule has 9 heteroatoms. The Bertz CT molecular complexity index is 955. The Kier molecular flexibility index (Phi) is 11.0. The first-order valence-electron chi connectivity index (χ1n) is 10.2. The highest BCUT2D eigenvalue weighted by Gasteiger charge is 2.30. The summed E-state index contributed by atoms with van der Waals surface area (Å²) in [6.45, 7) is 11.5. The van der Waals surface area contributed by atoms with E-state index in [0.717, 1.165) is 23.5 Å². The van der Waals surface area contributed by atoms with Gasteiger partial charge in [-0.05, 0) is 63.2 Å². The first-order valence-corrected chi connectivity index (χ1v) is 10.2. The highest BCUT2D eigenvalue weighted by molar-refractivity contribution is 5.68. The molecule has 0 amide bonds. The van der Waals surface area contributed by atoms with Gasteiger partial charge in [0.25, 0.3) is 6.47 Å². The van der Waals surface area contributed by atoms with Crippen LogP contribution in [0.1, 0.15) is 33.4 Å². The zero-order chi connectivity index (χ0) is 24.1. The molecule has 2 aromatic heterocycles. The molecule has 0 aliphatic rings. The highest BCUT2D eigenvalue weighted by atomic mass is 19.4. The van der Waals surface area contributed by atoms with Crippen molar-refractivity contribution in [3.05, 3.63) is 54.4 Å². The molecule has 0 fully saturated rings. The van der Waals surface area contributed by atoms with Gasteiger partial charge in [0.2, 0.25) is 0 Å². The molecule has 3 rings (SSSR count). The standard InChI is InChI=1S/C18H16F3N3O.C3H6O2.C2H6/c1-3-24-12(2)10-17(23-24)14-8-9-22-16(11-14)13-4-6-15(7-5-13)25-18(19,20)21;1-2-5-3-4;1-2/h4-11H,3H2,1-2H3;3H,2H2,1H3;1-2H3. The van der Waals surface area contributed by atoms with Gasteiger partial charge in [0, 0.05) is 29.6 Å². The van der Waals surface area contributed by atoms with Crippen molar-refractivity contribution in [1.82, 2.24) is 14.8 Å². The summed E-state index contributed by atoms with van der Waals surface area (Å²) in [6, 6.07) is 11.3. The third-order valence-electron chi connectivity index (χ3n) is 3.95. The second-order valence-electron chi connectivity index (χ2n) is 6.04. The van der Waals surface area contributed by atoms with Crippen LogP contribution in [0.25, 0.3) is 22.5 Å². The van der Waals surface area contributed by atoms with Crippen molar-refractivity contribution in [2.24, 2.45) is 0 Å². The third-order valence-corrected chi connectivity index (χ3v) is 3.95. The van der Waals surface area contributed by atoms with E-state index in [1.54, 1.807) is 25.3 Å². The van der Waals surface area contributed by atoms with Crippen molar-refractivity contribution in [3.63, 3.8) is 0 Å². The maximum atomic E-state index is 12.2. The minimum Gasteiger partial charge on any atom is -0.468 e. The summed E-state index contributed by atoms with van der Waals surface area (Å²) in [5.41, 5.74) is 4.14. The number of carbonyl (C=O) groups excluding carboxylic acids is 1. The average Bonchev–Trinajstić information content (AvgIpc) is 3.16. The van der Waals surface area contributed by atoms with Gasteiger partial charge in [-0.3, -0.25) is 14.5 Å². The number of aromatic nitrogens is 3. The van der Waals surface area contributed by atoms with Gasteiger partial charge in [-0.1, -0.05) is 13.8 Å². The fraction of sp³-hybridized carbons (Fsp3) is 0.348. The summed E-state index contributed by atoms with van der Waals surface area (Å²) < 4.78 is 46.6. The van der Waals surface area contributed by atoms with E-state index in [2.05, 4.69) is 19.6 Å². The molecule has 3 aromatic rings. The van der Waals surface area contributed by atoms with E-state index in [0.29, 0.717) is 24.3 Å². The van der Waals surface area contributed by atoms with E-state index < -0.39 is 6.36 Å². The smallest absolute Gasteiger partial charge is 0.468 e. The average molecular weight is 451 g/mol. The van der Waals surface area contributed by atoms with E-state index in [4.69, 9.17) is 0 Å². The number of aryl methyl sites for hydroxylation is 2. The van der Waals surface area contributed by atoms with Crippen LogP contribution < -0.4 is 4.74 Å². The van der Waals surface area contributed by atoms with Crippen molar-refractivity contribution in [3.8, 4) is 28.3 Å². The first kappa shape index (κ1) is 26.7. The molecule has 0 atom stereocenters. The van der Waals surface area contributed by atoms with Gasteiger partial charge in [-0.15, -0.1) is 13.2 Å². The van der Waals surface area contributed by atoms with Crippen LogP contribution in [0.15, 0.2) is 48.7 Å². The van der Waals surface area contributed by atoms with Crippen LogP contribution in [-0.2, 0) is 16.1 Å². The van der Waals surface area contributed by atoms with E-state index in [1.165, 1.54) is 12.1 Å². The van der Waals surface area contributed by atoms with Gasteiger partial charge in [-0.25, -0.2) is 0 Å². The number of nitrogens with zero attached hydrogens (tertiary/aromatic N) is 3. The third kappa shape index (κ3) is 8.41. The van der Waals surface area contributed by atoms with Gasteiger partial charge in [0.05, 0.1) is 18.0 Å². The Labute approximate surface area is 186 Å². The molecular weight excluding hydrogens is 423 g/mol. The largest absolute Gasteiger partial charge is 0.573 e. The second kappa shape index (κ2) is 13.1. The molecule has 0 bridgehead atoms. The minimum atomic E-state index is -4.70. The topological polar surface area (TPSA) is 66.2 Å². The van der Waals surface area contributed by atoms with Crippen molar-refractivity contribution in [2.45, 2.75) is 47.5 Å². The highest BCUT2D eigenvalue weighted by Crippen LogP contribution is 2.28. The number of carbonyl (C=O) groups is 1. The van der Waals surface area contributed by atoms with Crippen molar-refractivity contribution >= 4 is 6.47 Å². The number of hydrogen-bond donors (Lipinski definition) is 0. The van der Waals surface area contributed by atoms with Crippen LogP contribution in [0.2, 0.25) is 0 Å². The Morgan fingerprint density at radius 2 is 1.66 bits per heavy atom. The summed E-state index contributed by atoms with van der Waals surface area (Å²) in [4.78, 5) is 13.5. The van der Waals surface area contributed by atoms with E-state index in [1.807, 2.05) is 50.6 Å². The van der Waals surface area contributed by atoms with Crippen molar-refractivity contribution < 1.29 is 27.4 Å². The molecule has 174 valence electrons. The molecule has 0 aliphatic carbocycles. The fourth-order valence-corrected chi connectivity index (χ4v) is 2.61. The Morgan fingerprint density at radius 3 is 2.12 bits per heavy atom. The number of ether oxygens (including phenoxy) is 2. The summed E-state index contributed by atoms with van der Waals surface area (Å²) in [5.74, 6) is -0.260. The van der Waals surface area contributed by atoms with E-state index in [9.17, 15) is 18.0 Å². The number of pyridine rings is 1. The number of hydrogen-bond acceptors (Lipinski definition) is 5. The number of benzene rings is 1. The number of rotatable bonds is 6. The van der Waals surface area contributed by atoms with Crippen molar-refractivity contribution in [2.75, 3.05) is 6.61 Å². The zero-order valence-corrected chi connectivity index (χ0v) is 18.8. The maximum Gasteiger partial charge on any atom is 0.573 e. The molecule has 6 nitrogen and oxygen atoms in total. The predicted molar refractivity (Wildman–Crippen MR) is 117 cm³/mol. The molecule has 1 aromatic carbocycles. The van der Waals surface area contributed by atoms with Crippen LogP contribution >= 0.6 is 0 Å². The summed E-state index contributed by atoms with van der Waals surface area (Å²) in [6.07, 6.45) is -3.04. The second-order valence-corrected chi connectivity index (χ2v) is 6.04. The maximum absolute atomic E-state index is 12.2. The van der Waals surface area contributed by atoms with Gasteiger partial charge in [0.1, 0.15) is 5.75 Å². The lowest BCUT2D eigenvalue weighted by Crippen LogP contribution is -2.16. The van der Waals surface area contributed by atoms with Crippen LogP contribution in [-0.4, -0.2) is 34.2 Å². The Hall–Kier alpha value is -3.36. The number of alkyl halides is 3. The van der Waals surface area contributed by atoms with Crippen LogP contribution in [0.4, 0.5) is 13.2 Å². The molecule has 0 saturated carbocycles.